The van der Waals surface area contributed by atoms with Crippen LogP contribution in [0.1, 0.15) is 30.9 Å². The topological polar surface area (TPSA) is 18.5 Å². The minimum absolute atomic E-state index is 0.646. The van der Waals surface area contributed by atoms with Gasteiger partial charge in [0, 0.05) is 12.0 Å². The van der Waals surface area contributed by atoms with Crippen LogP contribution >= 0.6 is 0 Å². The molecule has 0 radical (unpaired) electrons. The average molecular weight is 254 g/mol. The third-order valence-corrected chi connectivity index (χ3v) is 3.54. The molecule has 2 heteroatoms. The highest BCUT2D eigenvalue weighted by atomic mass is 17.2. The molecule has 0 bridgehead atoms. The maximum Gasteiger partial charge on any atom is 0.169 e. The monoisotopic (exact) mass is 254 g/mol. The summed E-state index contributed by atoms with van der Waals surface area (Å²) in [6, 6.07) is 14.7. The lowest BCUT2D eigenvalue weighted by atomic mass is 10.1. The summed E-state index contributed by atoms with van der Waals surface area (Å²) >= 11 is 0. The first kappa shape index (κ1) is 12.2. The molecule has 0 unspecified atom stereocenters. The van der Waals surface area contributed by atoms with Crippen molar-refractivity contribution in [2.75, 3.05) is 6.61 Å². The van der Waals surface area contributed by atoms with E-state index in [2.05, 4.69) is 37.3 Å². The number of benzene rings is 2. The van der Waals surface area contributed by atoms with Crippen molar-refractivity contribution in [3.8, 4) is 16.9 Å². The number of hydrogen-bond donors (Lipinski definition) is 0. The van der Waals surface area contributed by atoms with Crippen molar-refractivity contribution in [1.82, 2.24) is 0 Å². The van der Waals surface area contributed by atoms with Gasteiger partial charge in [0.05, 0.1) is 6.61 Å². The van der Waals surface area contributed by atoms with E-state index >= 15 is 0 Å². The van der Waals surface area contributed by atoms with E-state index in [1.807, 2.05) is 12.1 Å². The summed E-state index contributed by atoms with van der Waals surface area (Å²) in [5, 5.41) is 0. The normalized spacial score (nSPS) is 12.1. The van der Waals surface area contributed by atoms with Gasteiger partial charge in [0.25, 0.3) is 0 Å². The molecular formula is C17H18O2. The largest absolute Gasteiger partial charge is 0.337 e. The molecular weight excluding hydrogens is 236 g/mol. The van der Waals surface area contributed by atoms with Gasteiger partial charge in [0.2, 0.25) is 0 Å². The fraction of sp³-hybridized carbons (Fsp3) is 0.294. The first-order chi connectivity index (χ1) is 9.40. The Hall–Kier alpha value is -1.80. The zero-order valence-electron chi connectivity index (χ0n) is 11.2. The van der Waals surface area contributed by atoms with Gasteiger partial charge in [-0.15, -0.1) is 0 Å². The van der Waals surface area contributed by atoms with E-state index < -0.39 is 0 Å². The van der Waals surface area contributed by atoms with Gasteiger partial charge >= 0.3 is 0 Å². The Labute approximate surface area is 113 Å². The molecule has 19 heavy (non-hydrogen) atoms. The third-order valence-electron chi connectivity index (χ3n) is 3.54. The molecule has 0 saturated heterocycles. The van der Waals surface area contributed by atoms with Gasteiger partial charge in [-0.05, 0) is 29.2 Å². The molecule has 0 N–H and O–H groups in total. The van der Waals surface area contributed by atoms with E-state index in [0.29, 0.717) is 6.61 Å². The van der Waals surface area contributed by atoms with Crippen molar-refractivity contribution in [3.63, 3.8) is 0 Å². The van der Waals surface area contributed by atoms with Crippen LogP contribution in [0.4, 0.5) is 0 Å². The molecule has 0 fully saturated rings. The minimum atomic E-state index is 0.646. The Morgan fingerprint density at radius 2 is 1.84 bits per heavy atom. The van der Waals surface area contributed by atoms with Crippen LogP contribution in [0.25, 0.3) is 11.1 Å². The summed E-state index contributed by atoms with van der Waals surface area (Å²) in [6.07, 6.45) is 3.07. The van der Waals surface area contributed by atoms with Gasteiger partial charge in [-0.1, -0.05) is 49.7 Å². The second-order valence-electron chi connectivity index (χ2n) is 4.88. The lowest BCUT2D eigenvalue weighted by molar-refractivity contribution is -0.207. The van der Waals surface area contributed by atoms with Crippen LogP contribution in [0.3, 0.4) is 0 Å². The minimum Gasteiger partial charge on any atom is -0.337 e. The first-order valence-corrected chi connectivity index (χ1v) is 6.90. The van der Waals surface area contributed by atoms with Crippen molar-refractivity contribution in [3.05, 3.63) is 53.6 Å². The fourth-order valence-electron chi connectivity index (χ4n) is 2.51. The highest BCUT2D eigenvalue weighted by molar-refractivity contribution is 5.78. The predicted octanol–water partition coefficient (Wildman–Crippen LogP) is 4.37. The Bertz CT molecular complexity index is 575. The van der Waals surface area contributed by atoms with E-state index in [9.17, 15) is 0 Å². The summed E-state index contributed by atoms with van der Waals surface area (Å²) in [5.74, 6) is 0.852. The van der Waals surface area contributed by atoms with Crippen molar-refractivity contribution in [1.29, 1.82) is 0 Å². The molecule has 0 aliphatic heterocycles. The third kappa shape index (κ3) is 2.36. The predicted molar refractivity (Wildman–Crippen MR) is 76.2 cm³/mol. The number of unbranched alkanes of at least 4 members (excludes halogenated alkanes) is 1. The Morgan fingerprint density at radius 3 is 2.74 bits per heavy atom. The molecule has 2 nitrogen and oxygen atoms in total. The van der Waals surface area contributed by atoms with Gasteiger partial charge in [-0.3, -0.25) is 0 Å². The van der Waals surface area contributed by atoms with E-state index in [1.165, 1.54) is 22.3 Å². The Morgan fingerprint density at radius 1 is 1.00 bits per heavy atom. The van der Waals surface area contributed by atoms with Crippen molar-refractivity contribution >= 4 is 0 Å². The van der Waals surface area contributed by atoms with E-state index in [1.54, 1.807) is 0 Å². The van der Waals surface area contributed by atoms with E-state index in [4.69, 9.17) is 9.78 Å². The average Bonchev–Trinajstić information content (AvgIpc) is 2.83. The smallest absolute Gasteiger partial charge is 0.169 e. The summed E-state index contributed by atoms with van der Waals surface area (Å²) in [6.45, 7) is 2.79. The van der Waals surface area contributed by atoms with Crippen LogP contribution in [0.5, 0.6) is 5.75 Å². The van der Waals surface area contributed by atoms with Crippen molar-refractivity contribution < 1.29 is 9.78 Å². The van der Waals surface area contributed by atoms with E-state index in [0.717, 1.165) is 25.0 Å². The van der Waals surface area contributed by atoms with Crippen molar-refractivity contribution in [2.45, 2.75) is 26.2 Å². The standard InChI is InChI=1S/C17H18O2/c1-2-3-11-18-19-17-10-6-9-15-14-8-5-4-7-13(14)12-16(15)17/h4-10H,2-3,11-12H2,1H3. The molecule has 0 heterocycles. The zero-order chi connectivity index (χ0) is 13.1. The Balaban J connectivity index is 1.82. The van der Waals surface area contributed by atoms with Gasteiger partial charge in [-0.25, -0.2) is 0 Å². The maximum atomic E-state index is 5.48. The molecule has 0 saturated carbocycles. The first-order valence-electron chi connectivity index (χ1n) is 6.90. The Kier molecular flexibility index (Phi) is 3.51. The zero-order valence-corrected chi connectivity index (χ0v) is 11.2. The van der Waals surface area contributed by atoms with Crippen LogP contribution in [0.15, 0.2) is 42.5 Å². The molecule has 0 atom stereocenters. The fourth-order valence-corrected chi connectivity index (χ4v) is 2.51. The molecule has 3 rings (SSSR count). The highest BCUT2D eigenvalue weighted by Gasteiger charge is 2.21. The summed E-state index contributed by atoms with van der Waals surface area (Å²) in [7, 11) is 0. The van der Waals surface area contributed by atoms with Crippen LogP contribution < -0.4 is 4.89 Å². The molecule has 1 aliphatic carbocycles. The van der Waals surface area contributed by atoms with Gasteiger partial charge in [-0.2, -0.15) is 4.89 Å². The molecule has 98 valence electrons. The van der Waals surface area contributed by atoms with Crippen LogP contribution in [0.2, 0.25) is 0 Å². The molecule has 1 aliphatic rings. The maximum absolute atomic E-state index is 5.48. The molecule has 0 amide bonds. The quantitative estimate of drug-likeness (QED) is 0.382. The second kappa shape index (κ2) is 5.45. The molecule has 0 aromatic heterocycles. The molecule has 2 aromatic carbocycles. The van der Waals surface area contributed by atoms with Gasteiger partial charge in [0.1, 0.15) is 0 Å². The lowest BCUT2D eigenvalue weighted by Gasteiger charge is -2.08. The molecule has 2 aromatic rings. The SMILES string of the molecule is CCCCOOc1cccc2c1Cc1ccccc1-2. The van der Waals surface area contributed by atoms with Crippen LogP contribution in [-0.2, 0) is 11.3 Å². The van der Waals surface area contributed by atoms with Crippen LogP contribution in [0, 0.1) is 0 Å². The van der Waals surface area contributed by atoms with Crippen molar-refractivity contribution in [2.24, 2.45) is 0 Å². The molecule has 0 spiro atoms. The lowest BCUT2D eigenvalue weighted by Crippen LogP contribution is -2.01. The van der Waals surface area contributed by atoms with E-state index in [-0.39, 0.29) is 0 Å². The summed E-state index contributed by atoms with van der Waals surface area (Å²) < 4.78 is 0. The number of hydrogen-bond acceptors (Lipinski definition) is 2. The van der Waals surface area contributed by atoms with Gasteiger partial charge < -0.3 is 4.89 Å². The van der Waals surface area contributed by atoms with Crippen LogP contribution in [-0.4, -0.2) is 6.61 Å². The highest BCUT2D eigenvalue weighted by Crippen LogP contribution is 2.40. The summed E-state index contributed by atoms with van der Waals surface area (Å²) in [5.41, 5.74) is 5.19. The number of rotatable bonds is 5. The van der Waals surface area contributed by atoms with Gasteiger partial charge in [0.15, 0.2) is 5.75 Å². The summed E-state index contributed by atoms with van der Waals surface area (Å²) in [4.78, 5) is 10.8. The second-order valence-corrected chi connectivity index (χ2v) is 4.88. The number of fused-ring (bicyclic) bond motifs is 3.